The van der Waals surface area contributed by atoms with Gasteiger partial charge in [-0.15, -0.1) is 11.3 Å². The third kappa shape index (κ3) is 3.70. The SMILES string of the molecule is O=S(=O)(N[C@@H]1CCC[C@@H](C(F)(F)F)C1)c1cccs1. The predicted molar refractivity (Wildman–Crippen MR) is 66.4 cm³/mol. The van der Waals surface area contributed by atoms with Crippen LogP contribution in [0, 0.1) is 5.92 Å². The second-order valence-electron chi connectivity index (χ2n) is 4.66. The van der Waals surface area contributed by atoms with Crippen molar-refractivity contribution in [3.05, 3.63) is 17.5 Å². The van der Waals surface area contributed by atoms with E-state index in [-0.39, 0.29) is 17.1 Å². The van der Waals surface area contributed by atoms with E-state index >= 15 is 0 Å². The van der Waals surface area contributed by atoms with Gasteiger partial charge in [0.15, 0.2) is 0 Å². The van der Waals surface area contributed by atoms with Crippen molar-refractivity contribution in [1.82, 2.24) is 4.72 Å². The van der Waals surface area contributed by atoms with Crippen LogP contribution in [0.15, 0.2) is 21.7 Å². The van der Waals surface area contributed by atoms with E-state index in [9.17, 15) is 21.6 Å². The Morgan fingerprint density at radius 1 is 1.32 bits per heavy atom. The summed E-state index contributed by atoms with van der Waals surface area (Å²) in [7, 11) is -3.68. The molecule has 0 bridgehead atoms. The second kappa shape index (κ2) is 5.41. The summed E-state index contributed by atoms with van der Waals surface area (Å²) in [6.45, 7) is 0. The fraction of sp³-hybridized carbons (Fsp3) is 0.636. The lowest BCUT2D eigenvalue weighted by Gasteiger charge is -2.30. The summed E-state index contributed by atoms with van der Waals surface area (Å²) < 4.78 is 64.3. The molecule has 108 valence electrons. The summed E-state index contributed by atoms with van der Waals surface area (Å²) in [6.07, 6.45) is -3.49. The van der Waals surface area contributed by atoms with E-state index in [4.69, 9.17) is 0 Å². The van der Waals surface area contributed by atoms with Crippen LogP contribution in [0.5, 0.6) is 0 Å². The zero-order valence-electron chi connectivity index (χ0n) is 9.98. The molecule has 2 atom stereocenters. The largest absolute Gasteiger partial charge is 0.391 e. The van der Waals surface area contributed by atoms with Gasteiger partial charge >= 0.3 is 6.18 Å². The van der Waals surface area contributed by atoms with Crippen molar-refractivity contribution in [2.24, 2.45) is 5.92 Å². The highest BCUT2D eigenvalue weighted by molar-refractivity contribution is 7.91. The monoisotopic (exact) mass is 313 g/mol. The lowest BCUT2D eigenvalue weighted by molar-refractivity contribution is -0.183. The first-order valence-electron chi connectivity index (χ1n) is 5.91. The minimum atomic E-state index is -4.24. The normalized spacial score (nSPS) is 25.4. The highest BCUT2D eigenvalue weighted by Gasteiger charge is 2.42. The molecule has 1 aliphatic carbocycles. The first-order chi connectivity index (χ1) is 8.79. The molecule has 1 saturated carbocycles. The van der Waals surface area contributed by atoms with Crippen LogP contribution in [0.25, 0.3) is 0 Å². The number of hydrogen-bond acceptors (Lipinski definition) is 3. The Morgan fingerprint density at radius 2 is 2.05 bits per heavy atom. The Bertz CT molecular complexity index is 511. The number of nitrogens with one attached hydrogen (secondary N) is 1. The van der Waals surface area contributed by atoms with Gasteiger partial charge in [0.05, 0.1) is 5.92 Å². The van der Waals surface area contributed by atoms with Gasteiger partial charge in [-0.2, -0.15) is 13.2 Å². The van der Waals surface area contributed by atoms with Gasteiger partial charge in [0.25, 0.3) is 0 Å². The summed E-state index contributed by atoms with van der Waals surface area (Å²) in [6, 6.07) is 2.41. The van der Waals surface area contributed by atoms with Crippen molar-refractivity contribution < 1.29 is 21.6 Å². The van der Waals surface area contributed by atoms with Gasteiger partial charge in [-0.3, -0.25) is 0 Å². The molecule has 0 unspecified atom stereocenters. The highest BCUT2D eigenvalue weighted by Crippen LogP contribution is 2.37. The van der Waals surface area contributed by atoms with E-state index in [0.29, 0.717) is 12.8 Å². The molecular formula is C11H14F3NO2S2. The van der Waals surface area contributed by atoms with E-state index in [1.165, 1.54) is 6.07 Å². The molecule has 1 fully saturated rings. The Kier molecular flexibility index (Phi) is 4.22. The molecule has 1 aromatic heterocycles. The highest BCUT2D eigenvalue weighted by atomic mass is 32.2. The van der Waals surface area contributed by atoms with Gasteiger partial charge in [0.2, 0.25) is 10.0 Å². The molecule has 0 spiro atoms. The number of halogens is 3. The van der Waals surface area contributed by atoms with Crippen molar-refractivity contribution >= 4 is 21.4 Å². The van der Waals surface area contributed by atoms with Crippen LogP contribution in [0.3, 0.4) is 0 Å². The molecule has 0 radical (unpaired) electrons. The zero-order valence-corrected chi connectivity index (χ0v) is 11.6. The van der Waals surface area contributed by atoms with E-state index in [1.54, 1.807) is 11.4 Å². The molecule has 0 aliphatic heterocycles. The Balaban J connectivity index is 2.04. The standard InChI is InChI=1S/C11H14F3NO2S2/c12-11(13,14)8-3-1-4-9(7-8)15-19(16,17)10-5-2-6-18-10/h2,5-6,8-9,15H,1,3-4,7H2/t8-,9-/m1/s1. The molecule has 19 heavy (non-hydrogen) atoms. The van der Waals surface area contributed by atoms with Crippen LogP contribution in [-0.4, -0.2) is 20.6 Å². The minimum Gasteiger partial charge on any atom is -0.207 e. The smallest absolute Gasteiger partial charge is 0.207 e. The molecule has 0 amide bonds. The van der Waals surface area contributed by atoms with Crippen LogP contribution in [0.4, 0.5) is 13.2 Å². The molecule has 2 rings (SSSR count). The quantitative estimate of drug-likeness (QED) is 0.932. The third-order valence-corrected chi connectivity index (χ3v) is 6.14. The third-order valence-electron chi connectivity index (χ3n) is 3.22. The Hall–Kier alpha value is -0.600. The molecule has 8 heteroatoms. The molecule has 1 aliphatic rings. The summed E-state index contributed by atoms with van der Waals surface area (Å²) in [5.41, 5.74) is 0. The minimum absolute atomic E-state index is 0.0841. The first-order valence-corrected chi connectivity index (χ1v) is 8.28. The van der Waals surface area contributed by atoms with Crippen molar-refractivity contribution in [1.29, 1.82) is 0 Å². The van der Waals surface area contributed by atoms with Gasteiger partial charge < -0.3 is 0 Å². The fourth-order valence-electron chi connectivity index (χ4n) is 2.29. The predicted octanol–water partition coefficient (Wildman–Crippen LogP) is 3.15. The van der Waals surface area contributed by atoms with Crippen LogP contribution in [0.1, 0.15) is 25.7 Å². The van der Waals surface area contributed by atoms with Gasteiger partial charge in [-0.1, -0.05) is 12.5 Å². The molecule has 1 N–H and O–H groups in total. The topological polar surface area (TPSA) is 46.2 Å². The molecule has 1 heterocycles. The van der Waals surface area contributed by atoms with Crippen LogP contribution in [-0.2, 0) is 10.0 Å². The van der Waals surface area contributed by atoms with Gasteiger partial charge in [-0.25, -0.2) is 13.1 Å². The lowest BCUT2D eigenvalue weighted by Crippen LogP contribution is -2.41. The molecule has 0 saturated heterocycles. The van der Waals surface area contributed by atoms with Gasteiger partial charge in [-0.05, 0) is 30.7 Å². The average molecular weight is 313 g/mol. The van der Waals surface area contributed by atoms with Crippen LogP contribution < -0.4 is 4.72 Å². The average Bonchev–Trinajstić information content (AvgIpc) is 2.81. The number of rotatable bonds is 3. The summed E-state index contributed by atoms with van der Waals surface area (Å²) in [4.78, 5) is 0. The maximum atomic E-state index is 12.6. The number of hydrogen-bond donors (Lipinski definition) is 1. The van der Waals surface area contributed by atoms with E-state index in [0.717, 1.165) is 11.3 Å². The van der Waals surface area contributed by atoms with E-state index in [1.807, 2.05) is 0 Å². The maximum absolute atomic E-state index is 12.6. The second-order valence-corrected chi connectivity index (χ2v) is 7.54. The van der Waals surface area contributed by atoms with Crippen molar-refractivity contribution in [2.45, 2.75) is 42.1 Å². The van der Waals surface area contributed by atoms with Crippen molar-refractivity contribution in [3.8, 4) is 0 Å². The maximum Gasteiger partial charge on any atom is 0.391 e. The molecular weight excluding hydrogens is 299 g/mol. The summed E-state index contributed by atoms with van der Waals surface area (Å²) in [5.74, 6) is -1.41. The zero-order chi connectivity index (χ0) is 14.1. The van der Waals surface area contributed by atoms with E-state index in [2.05, 4.69) is 4.72 Å². The molecule has 0 aromatic carbocycles. The Labute approximate surface area is 113 Å². The lowest BCUT2D eigenvalue weighted by atomic mass is 9.86. The van der Waals surface area contributed by atoms with Gasteiger partial charge in [0, 0.05) is 6.04 Å². The number of alkyl halides is 3. The number of sulfonamides is 1. The van der Waals surface area contributed by atoms with Gasteiger partial charge in [0.1, 0.15) is 4.21 Å². The van der Waals surface area contributed by atoms with Crippen molar-refractivity contribution in [3.63, 3.8) is 0 Å². The van der Waals surface area contributed by atoms with E-state index < -0.39 is 28.2 Å². The first kappa shape index (κ1) is 14.8. The molecule has 3 nitrogen and oxygen atoms in total. The van der Waals surface area contributed by atoms with Crippen LogP contribution in [0.2, 0.25) is 0 Å². The fourth-order valence-corrected chi connectivity index (χ4v) is 4.58. The summed E-state index contributed by atoms with van der Waals surface area (Å²) >= 11 is 1.05. The molecule has 1 aromatic rings. The summed E-state index contributed by atoms with van der Waals surface area (Å²) in [5, 5.41) is 1.62. The van der Waals surface area contributed by atoms with Crippen LogP contribution >= 0.6 is 11.3 Å². The number of thiophene rings is 1. The van der Waals surface area contributed by atoms with Crippen molar-refractivity contribution in [2.75, 3.05) is 0 Å². The Morgan fingerprint density at radius 3 is 2.63 bits per heavy atom.